The Morgan fingerprint density at radius 1 is 0.852 bits per heavy atom. The SMILES string of the molecule is CCCCCC(CCC)CCCCCCOC(=O)C1CCCCC1C(=O)O. The lowest BCUT2D eigenvalue weighted by molar-refractivity contribution is -0.159. The molecule has 1 rings (SSSR count). The molecule has 0 aliphatic heterocycles. The van der Waals surface area contributed by atoms with Gasteiger partial charge in [-0.2, -0.15) is 0 Å². The van der Waals surface area contributed by atoms with Gasteiger partial charge in [0.1, 0.15) is 0 Å². The zero-order valence-corrected chi connectivity index (χ0v) is 17.7. The Hall–Kier alpha value is -1.06. The van der Waals surface area contributed by atoms with Crippen molar-refractivity contribution in [3.8, 4) is 0 Å². The smallest absolute Gasteiger partial charge is 0.309 e. The number of hydrogen-bond donors (Lipinski definition) is 1. The van der Waals surface area contributed by atoms with Gasteiger partial charge in [-0.15, -0.1) is 0 Å². The van der Waals surface area contributed by atoms with Crippen molar-refractivity contribution in [1.82, 2.24) is 0 Å². The van der Waals surface area contributed by atoms with Gasteiger partial charge in [0.2, 0.25) is 0 Å². The van der Waals surface area contributed by atoms with Crippen LogP contribution in [-0.2, 0) is 14.3 Å². The molecule has 0 spiro atoms. The van der Waals surface area contributed by atoms with Crippen molar-refractivity contribution in [2.24, 2.45) is 17.8 Å². The molecule has 1 N–H and O–H groups in total. The first-order valence-corrected chi connectivity index (χ1v) is 11.5. The van der Waals surface area contributed by atoms with Crippen molar-refractivity contribution < 1.29 is 19.4 Å². The summed E-state index contributed by atoms with van der Waals surface area (Å²) in [6.07, 6.45) is 16.9. The first kappa shape index (κ1) is 24.0. The van der Waals surface area contributed by atoms with Gasteiger partial charge in [0, 0.05) is 0 Å². The normalized spacial score (nSPS) is 21.0. The highest BCUT2D eigenvalue weighted by molar-refractivity contribution is 5.81. The maximum absolute atomic E-state index is 12.2. The topological polar surface area (TPSA) is 63.6 Å². The van der Waals surface area contributed by atoms with E-state index >= 15 is 0 Å². The fraction of sp³-hybridized carbons (Fsp3) is 0.913. The molecule has 27 heavy (non-hydrogen) atoms. The quantitative estimate of drug-likeness (QED) is 0.264. The summed E-state index contributed by atoms with van der Waals surface area (Å²) in [5.74, 6) is -1.24. The second-order valence-corrected chi connectivity index (χ2v) is 8.36. The molecule has 0 saturated heterocycles. The summed E-state index contributed by atoms with van der Waals surface area (Å²) in [5.41, 5.74) is 0. The Morgan fingerprint density at radius 2 is 1.48 bits per heavy atom. The standard InChI is InChI=1S/C23H42O4/c1-3-5-8-14-19(13-4-2)15-9-6-7-12-18-27-23(26)21-17-11-10-16-20(21)22(24)25/h19-21H,3-18H2,1-2H3,(H,24,25). The lowest BCUT2D eigenvalue weighted by atomic mass is 9.79. The van der Waals surface area contributed by atoms with Crippen LogP contribution in [-0.4, -0.2) is 23.7 Å². The average molecular weight is 383 g/mol. The second-order valence-electron chi connectivity index (χ2n) is 8.36. The molecular formula is C23H42O4. The summed E-state index contributed by atoms with van der Waals surface area (Å²) in [4.78, 5) is 23.5. The Kier molecular flexibility index (Phi) is 13.3. The first-order chi connectivity index (χ1) is 13.1. The molecule has 158 valence electrons. The van der Waals surface area contributed by atoms with Gasteiger partial charge in [-0.05, 0) is 25.2 Å². The highest BCUT2D eigenvalue weighted by Gasteiger charge is 2.36. The predicted octanol–water partition coefficient (Wildman–Crippen LogP) is 6.37. The van der Waals surface area contributed by atoms with Crippen molar-refractivity contribution in [3.05, 3.63) is 0 Å². The molecule has 3 atom stereocenters. The molecular weight excluding hydrogens is 340 g/mol. The molecule has 0 aromatic carbocycles. The number of ether oxygens (including phenoxy) is 1. The third kappa shape index (κ3) is 10.2. The molecule has 1 fully saturated rings. The number of carbonyl (C=O) groups excluding carboxylic acids is 1. The minimum atomic E-state index is -0.850. The third-order valence-corrected chi connectivity index (χ3v) is 6.05. The van der Waals surface area contributed by atoms with E-state index in [-0.39, 0.29) is 5.97 Å². The fourth-order valence-electron chi connectivity index (χ4n) is 4.40. The van der Waals surface area contributed by atoms with E-state index in [1.165, 1.54) is 57.8 Å². The van der Waals surface area contributed by atoms with Crippen LogP contribution in [0.15, 0.2) is 0 Å². The highest BCUT2D eigenvalue weighted by Crippen LogP contribution is 2.31. The zero-order valence-electron chi connectivity index (χ0n) is 17.7. The molecule has 1 aliphatic rings. The van der Waals surface area contributed by atoms with E-state index in [0.29, 0.717) is 19.4 Å². The molecule has 0 aromatic heterocycles. The van der Waals surface area contributed by atoms with E-state index < -0.39 is 17.8 Å². The number of rotatable bonds is 15. The van der Waals surface area contributed by atoms with Crippen LogP contribution in [0.3, 0.4) is 0 Å². The van der Waals surface area contributed by atoms with Crippen LogP contribution in [0.4, 0.5) is 0 Å². The molecule has 1 saturated carbocycles. The molecule has 0 radical (unpaired) electrons. The number of hydrogen-bond acceptors (Lipinski definition) is 3. The minimum Gasteiger partial charge on any atom is -0.481 e. The van der Waals surface area contributed by atoms with E-state index in [1.54, 1.807) is 0 Å². The lowest BCUT2D eigenvalue weighted by Gasteiger charge is -2.26. The summed E-state index contributed by atoms with van der Waals surface area (Å²) >= 11 is 0. The van der Waals surface area contributed by atoms with Gasteiger partial charge in [0.15, 0.2) is 0 Å². The van der Waals surface area contributed by atoms with Crippen LogP contribution in [0.5, 0.6) is 0 Å². The lowest BCUT2D eigenvalue weighted by Crippen LogP contribution is -2.33. The first-order valence-electron chi connectivity index (χ1n) is 11.5. The number of unbranched alkanes of at least 4 members (excludes halogenated alkanes) is 5. The van der Waals surface area contributed by atoms with Crippen LogP contribution in [0.25, 0.3) is 0 Å². The fourth-order valence-corrected chi connectivity index (χ4v) is 4.40. The molecule has 0 bridgehead atoms. The number of esters is 1. The van der Waals surface area contributed by atoms with Gasteiger partial charge in [-0.25, -0.2) is 0 Å². The van der Waals surface area contributed by atoms with Crippen LogP contribution in [0.2, 0.25) is 0 Å². The summed E-state index contributed by atoms with van der Waals surface area (Å²) in [7, 11) is 0. The molecule has 3 unspecified atom stereocenters. The second kappa shape index (κ2) is 14.9. The largest absolute Gasteiger partial charge is 0.481 e. The van der Waals surface area contributed by atoms with Gasteiger partial charge >= 0.3 is 11.9 Å². The van der Waals surface area contributed by atoms with Crippen LogP contribution in [0.1, 0.15) is 110 Å². The third-order valence-electron chi connectivity index (χ3n) is 6.05. The van der Waals surface area contributed by atoms with Crippen molar-refractivity contribution in [1.29, 1.82) is 0 Å². The van der Waals surface area contributed by atoms with Crippen molar-refractivity contribution in [2.75, 3.05) is 6.61 Å². The van der Waals surface area contributed by atoms with Gasteiger partial charge in [-0.1, -0.05) is 90.9 Å². The average Bonchev–Trinajstić information content (AvgIpc) is 2.67. The Morgan fingerprint density at radius 3 is 2.11 bits per heavy atom. The van der Waals surface area contributed by atoms with E-state index in [0.717, 1.165) is 31.6 Å². The molecule has 4 nitrogen and oxygen atoms in total. The molecule has 0 aromatic rings. The number of carboxylic acids is 1. The van der Waals surface area contributed by atoms with Crippen molar-refractivity contribution in [2.45, 2.75) is 110 Å². The predicted molar refractivity (Wildman–Crippen MR) is 110 cm³/mol. The summed E-state index contributed by atoms with van der Waals surface area (Å²) in [6, 6.07) is 0. The minimum absolute atomic E-state index is 0.291. The number of aliphatic carboxylic acids is 1. The Labute approximate surface area is 166 Å². The van der Waals surface area contributed by atoms with Gasteiger partial charge in [0.05, 0.1) is 18.4 Å². The Bertz CT molecular complexity index is 407. The molecule has 0 heterocycles. The van der Waals surface area contributed by atoms with E-state index in [4.69, 9.17) is 4.74 Å². The van der Waals surface area contributed by atoms with E-state index in [9.17, 15) is 14.7 Å². The van der Waals surface area contributed by atoms with Crippen molar-refractivity contribution in [3.63, 3.8) is 0 Å². The molecule has 4 heteroatoms. The zero-order chi connectivity index (χ0) is 19.9. The summed E-state index contributed by atoms with van der Waals surface area (Å²) in [5, 5.41) is 9.27. The van der Waals surface area contributed by atoms with E-state index in [2.05, 4.69) is 13.8 Å². The molecule has 1 aliphatic carbocycles. The van der Waals surface area contributed by atoms with Gasteiger partial charge in [0.25, 0.3) is 0 Å². The van der Waals surface area contributed by atoms with E-state index in [1.807, 2.05) is 0 Å². The van der Waals surface area contributed by atoms with Crippen LogP contribution in [0, 0.1) is 17.8 Å². The number of carboxylic acid groups (broad SMARTS) is 1. The van der Waals surface area contributed by atoms with Crippen LogP contribution < -0.4 is 0 Å². The maximum atomic E-state index is 12.2. The summed E-state index contributed by atoms with van der Waals surface area (Å²) < 4.78 is 5.39. The van der Waals surface area contributed by atoms with Gasteiger partial charge in [-0.3, -0.25) is 9.59 Å². The van der Waals surface area contributed by atoms with Gasteiger partial charge < -0.3 is 9.84 Å². The monoisotopic (exact) mass is 382 g/mol. The highest BCUT2D eigenvalue weighted by atomic mass is 16.5. The molecule has 0 amide bonds. The van der Waals surface area contributed by atoms with Crippen LogP contribution >= 0.6 is 0 Å². The Balaban J connectivity index is 2.11. The maximum Gasteiger partial charge on any atom is 0.309 e. The van der Waals surface area contributed by atoms with Crippen molar-refractivity contribution >= 4 is 11.9 Å². The number of carbonyl (C=O) groups is 2. The summed E-state index contributed by atoms with van der Waals surface area (Å²) in [6.45, 7) is 4.98.